The average molecular weight is 509 g/mol. The lowest BCUT2D eigenvalue weighted by Crippen LogP contribution is -2.53. The topological polar surface area (TPSA) is 71.5 Å². The molecule has 1 atom stereocenters. The van der Waals surface area contributed by atoms with Crippen LogP contribution in [-0.2, 0) is 16.6 Å². The SMILES string of the molecule is O=C(O)C1(Nc2cccc(Cl)c2)CCC2(CC1)c1ccccc1CC2CCCOc1ccncc1F. The van der Waals surface area contributed by atoms with Crippen molar-refractivity contribution < 1.29 is 19.0 Å². The number of aliphatic carboxylic acids is 1. The summed E-state index contributed by atoms with van der Waals surface area (Å²) in [5.74, 6) is -0.663. The summed E-state index contributed by atoms with van der Waals surface area (Å²) in [6, 6.07) is 17.4. The van der Waals surface area contributed by atoms with Gasteiger partial charge in [-0.15, -0.1) is 0 Å². The molecule has 7 heteroatoms. The van der Waals surface area contributed by atoms with Crippen LogP contribution >= 0.6 is 11.6 Å². The van der Waals surface area contributed by atoms with E-state index in [2.05, 4.69) is 34.6 Å². The Hall–Kier alpha value is -3.12. The third kappa shape index (κ3) is 4.66. The van der Waals surface area contributed by atoms with Gasteiger partial charge in [-0.1, -0.05) is 41.9 Å². The van der Waals surface area contributed by atoms with Crippen molar-refractivity contribution in [3.8, 4) is 5.75 Å². The molecule has 0 bridgehead atoms. The molecule has 0 amide bonds. The molecular formula is C29H30ClFN2O3. The molecule has 1 saturated carbocycles. The molecule has 0 radical (unpaired) electrons. The lowest BCUT2D eigenvalue weighted by Gasteiger charge is -2.47. The maximum absolute atomic E-state index is 13.9. The lowest BCUT2D eigenvalue weighted by molar-refractivity contribution is -0.144. The molecule has 1 unspecified atom stereocenters. The first kappa shape index (κ1) is 24.6. The van der Waals surface area contributed by atoms with E-state index in [1.165, 1.54) is 17.3 Å². The number of carboxylic acids is 1. The van der Waals surface area contributed by atoms with Gasteiger partial charge in [-0.2, -0.15) is 0 Å². The summed E-state index contributed by atoms with van der Waals surface area (Å²) in [6.07, 6.45) is 8.01. The van der Waals surface area contributed by atoms with Gasteiger partial charge in [0, 0.05) is 23.0 Å². The molecule has 188 valence electrons. The Labute approximate surface area is 215 Å². The standard InChI is InChI=1S/C29H30ClFN2O3/c30-22-7-3-8-23(18-22)33-29(27(34)35)13-11-28(12-14-29)21(17-20-5-1-2-9-24(20)28)6-4-16-36-26-10-15-32-19-25(26)31/h1-3,5,7-10,15,18-19,21,33H,4,6,11-14,16-17H2,(H,34,35). The van der Waals surface area contributed by atoms with E-state index in [9.17, 15) is 14.3 Å². The van der Waals surface area contributed by atoms with Crippen LogP contribution in [0.15, 0.2) is 67.0 Å². The number of hydrogen-bond donors (Lipinski definition) is 2. The fraction of sp³-hybridized carbons (Fsp3) is 0.379. The van der Waals surface area contributed by atoms with Crippen LogP contribution < -0.4 is 10.1 Å². The second-order valence-electron chi connectivity index (χ2n) is 10.0. The molecule has 2 aliphatic carbocycles. The van der Waals surface area contributed by atoms with E-state index in [1.54, 1.807) is 18.2 Å². The minimum absolute atomic E-state index is 0.0620. The minimum Gasteiger partial charge on any atom is -0.490 e. The zero-order chi connectivity index (χ0) is 25.2. The van der Waals surface area contributed by atoms with Gasteiger partial charge in [0.15, 0.2) is 11.6 Å². The smallest absolute Gasteiger partial charge is 0.329 e. The van der Waals surface area contributed by atoms with Gasteiger partial charge >= 0.3 is 5.97 Å². The highest BCUT2D eigenvalue weighted by Gasteiger charge is 2.53. The summed E-state index contributed by atoms with van der Waals surface area (Å²) in [4.78, 5) is 16.3. The van der Waals surface area contributed by atoms with Crippen molar-refractivity contribution in [1.82, 2.24) is 4.98 Å². The number of rotatable bonds is 8. The van der Waals surface area contributed by atoms with E-state index >= 15 is 0 Å². The maximum atomic E-state index is 13.9. The van der Waals surface area contributed by atoms with Crippen LogP contribution in [0.1, 0.15) is 49.7 Å². The van der Waals surface area contributed by atoms with E-state index in [-0.39, 0.29) is 11.2 Å². The highest BCUT2D eigenvalue weighted by Crippen LogP contribution is 2.55. The van der Waals surface area contributed by atoms with Gasteiger partial charge in [0.1, 0.15) is 5.54 Å². The molecular weight excluding hydrogens is 479 g/mol. The first-order chi connectivity index (χ1) is 17.4. The van der Waals surface area contributed by atoms with Crippen molar-refractivity contribution in [2.45, 2.75) is 55.9 Å². The van der Waals surface area contributed by atoms with E-state index in [1.807, 2.05) is 12.1 Å². The van der Waals surface area contributed by atoms with Crippen LogP contribution in [0.25, 0.3) is 0 Å². The minimum atomic E-state index is -1.03. The second kappa shape index (κ2) is 10.1. The number of hydrogen-bond acceptors (Lipinski definition) is 4. The Kier molecular flexibility index (Phi) is 6.89. The monoisotopic (exact) mass is 508 g/mol. The highest BCUT2D eigenvalue weighted by atomic mass is 35.5. The van der Waals surface area contributed by atoms with Crippen LogP contribution in [-0.4, -0.2) is 28.2 Å². The van der Waals surface area contributed by atoms with Gasteiger partial charge < -0.3 is 15.2 Å². The molecule has 0 aliphatic heterocycles. The second-order valence-corrected chi connectivity index (χ2v) is 10.5. The molecule has 5 rings (SSSR count). The molecule has 0 saturated heterocycles. The van der Waals surface area contributed by atoms with Crippen molar-refractivity contribution in [2.75, 3.05) is 11.9 Å². The van der Waals surface area contributed by atoms with Gasteiger partial charge in [0.25, 0.3) is 0 Å². The van der Waals surface area contributed by atoms with Gasteiger partial charge in [-0.3, -0.25) is 4.98 Å². The van der Waals surface area contributed by atoms with Crippen LogP contribution in [0.2, 0.25) is 5.02 Å². The fourth-order valence-corrected chi connectivity index (χ4v) is 6.46. The van der Waals surface area contributed by atoms with Crippen LogP contribution in [0, 0.1) is 11.7 Å². The van der Waals surface area contributed by atoms with Gasteiger partial charge in [-0.25, -0.2) is 9.18 Å². The molecule has 2 aromatic carbocycles. The summed E-state index contributed by atoms with van der Waals surface area (Å²) in [6.45, 7) is 0.430. The zero-order valence-corrected chi connectivity index (χ0v) is 20.8. The number of pyridine rings is 1. The Morgan fingerprint density at radius 1 is 1.14 bits per heavy atom. The average Bonchev–Trinajstić information content (AvgIpc) is 3.17. The van der Waals surface area contributed by atoms with Crippen LogP contribution in [0.3, 0.4) is 0 Å². The third-order valence-electron chi connectivity index (χ3n) is 8.10. The van der Waals surface area contributed by atoms with E-state index < -0.39 is 17.3 Å². The molecule has 5 nitrogen and oxygen atoms in total. The quantitative estimate of drug-likeness (QED) is 0.333. The van der Waals surface area contributed by atoms with Gasteiger partial charge in [0.05, 0.1) is 12.8 Å². The first-order valence-electron chi connectivity index (χ1n) is 12.5. The molecule has 3 aromatic rings. The normalized spacial score (nSPS) is 24.9. The predicted molar refractivity (Wildman–Crippen MR) is 138 cm³/mol. The van der Waals surface area contributed by atoms with Crippen LogP contribution in [0.5, 0.6) is 5.75 Å². The number of ether oxygens (including phenoxy) is 1. The highest BCUT2D eigenvalue weighted by molar-refractivity contribution is 6.30. The molecule has 36 heavy (non-hydrogen) atoms. The molecule has 1 fully saturated rings. The molecule has 1 spiro atoms. The predicted octanol–water partition coefficient (Wildman–Crippen LogP) is 6.65. The first-order valence-corrected chi connectivity index (χ1v) is 12.9. The third-order valence-corrected chi connectivity index (χ3v) is 8.34. The fourth-order valence-electron chi connectivity index (χ4n) is 6.27. The number of benzene rings is 2. The summed E-state index contributed by atoms with van der Waals surface area (Å²) in [7, 11) is 0. The van der Waals surface area contributed by atoms with E-state index in [4.69, 9.17) is 16.3 Å². The summed E-state index contributed by atoms with van der Waals surface area (Å²) in [5.41, 5.74) is 2.35. The van der Waals surface area contributed by atoms with Gasteiger partial charge in [0.2, 0.25) is 0 Å². The molecule has 2 N–H and O–H groups in total. The van der Waals surface area contributed by atoms with Crippen molar-refractivity contribution in [3.63, 3.8) is 0 Å². The Morgan fingerprint density at radius 2 is 1.94 bits per heavy atom. The zero-order valence-electron chi connectivity index (χ0n) is 20.1. The van der Waals surface area contributed by atoms with Crippen LogP contribution in [0.4, 0.5) is 10.1 Å². The van der Waals surface area contributed by atoms with Crippen molar-refractivity contribution in [3.05, 3.63) is 89.0 Å². The molecule has 1 aromatic heterocycles. The van der Waals surface area contributed by atoms with E-state index in [0.717, 1.165) is 44.0 Å². The number of carbonyl (C=O) groups is 1. The number of halogens is 2. The Balaban J connectivity index is 1.32. The summed E-state index contributed by atoms with van der Waals surface area (Å²) < 4.78 is 19.5. The number of anilines is 1. The van der Waals surface area contributed by atoms with Crippen molar-refractivity contribution in [1.29, 1.82) is 0 Å². The number of aromatic nitrogens is 1. The number of nitrogens with zero attached hydrogens (tertiary/aromatic N) is 1. The Bertz CT molecular complexity index is 1240. The van der Waals surface area contributed by atoms with Gasteiger partial charge in [-0.05, 0) is 85.6 Å². The maximum Gasteiger partial charge on any atom is 0.329 e. The van der Waals surface area contributed by atoms with E-state index in [0.29, 0.717) is 30.4 Å². The summed E-state index contributed by atoms with van der Waals surface area (Å²) >= 11 is 6.15. The lowest BCUT2D eigenvalue weighted by atomic mass is 9.60. The number of carboxylic acid groups (broad SMARTS) is 1. The summed E-state index contributed by atoms with van der Waals surface area (Å²) in [5, 5.41) is 14.2. The van der Waals surface area contributed by atoms with Crippen molar-refractivity contribution >= 4 is 23.3 Å². The van der Waals surface area contributed by atoms with Crippen molar-refractivity contribution in [2.24, 2.45) is 5.92 Å². The number of fused-ring (bicyclic) bond motifs is 2. The largest absolute Gasteiger partial charge is 0.490 e. The molecule has 1 heterocycles. The number of nitrogens with one attached hydrogen (secondary N) is 1. The Morgan fingerprint density at radius 3 is 2.69 bits per heavy atom. The molecule has 2 aliphatic rings.